The Morgan fingerprint density at radius 1 is 0.281 bits per heavy atom. The molecule has 0 saturated carbocycles. The molecule has 0 spiro atoms. The Kier molecular flexibility index (Phi) is 66.2. The molecule has 19 heteroatoms. The molecular weight excluding hydrogens is 1260 g/mol. The van der Waals surface area contributed by atoms with E-state index in [9.17, 15) is 43.2 Å². The normalized spacial score (nSPS) is 14.1. The molecule has 0 aromatic carbocycles. The lowest BCUT2D eigenvalue weighted by Crippen LogP contribution is -2.30. The van der Waals surface area contributed by atoms with Crippen molar-refractivity contribution >= 4 is 39.5 Å². The summed E-state index contributed by atoms with van der Waals surface area (Å²) in [6, 6.07) is 0. The van der Waals surface area contributed by atoms with Crippen molar-refractivity contribution in [3.63, 3.8) is 0 Å². The van der Waals surface area contributed by atoms with Crippen molar-refractivity contribution in [2.24, 2.45) is 17.8 Å². The standard InChI is InChI=1S/C77H150O17P2/c1-8-9-10-11-12-13-14-15-20-24-27-30-36-44-51-58-74(79)87-64-72(93-76(81)60-53-46-37-31-28-25-22-19-17-16-18-21-23-26-29-34-41-48-55-68(2)3)66-91-95(83,84)89-62-71(78)63-90-96(85,86)92-67-73(65-88-75(80)59-52-45-40-39-43-50-57-70(6)7)94-77(82)61-54-47-38-33-32-35-42-49-56-69(4)5/h68-73,78H,8-67H2,1-7H3,(H,83,84)(H,85,86)/t71-,72-,73-/m1/s1. The zero-order valence-corrected chi connectivity index (χ0v) is 64.6. The van der Waals surface area contributed by atoms with E-state index in [1.807, 2.05) is 0 Å². The van der Waals surface area contributed by atoms with E-state index in [2.05, 4.69) is 48.5 Å². The Morgan fingerprint density at radius 2 is 0.479 bits per heavy atom. The average Bonchev–Trinajstić information content (AvgIpc) is 2.01. The Balaban J connectivity index is 5.20. The van der Waals surface area contributed by atoms with Gasteiger partial charge in [-0.05, 0) is 43.4 Å². The van der Waals surface area contributed by atoms with Crippen molar-refractivity contribution < 1.29 is 80.2 Å². The second-order valence-corrected chi connectivity index (χ2v) is 32.1. The number of hydrogen-bond donors (Lipinski definition) is 3. The van der Waals surface area contributed by atoms with Gasteiger partial charge in [-0.15, -0.1) is 0 Å². The number of phosphoric acid groups is 2. The summed E-state index contributed by atoms with van der Waals surface area (Å²) in [5, 5.41) is 10.6. The Bertz CT molecular complexity index is 1870. The van der Waals surface area contributed by atoms with E-state index < -0.39 is 97.5 Å². The highest BCUT2D eigenvalue weighted by Crippen LogP contribution is 2.45. The van der Waals surface area contributed by atoms with Gasteiger partial charge < -0.3 is 33.8 Å². The fourth-order valence-corrected chi connectivity index (χ4v) is 13.4. The largest absolute Gasteiger partial charge is 0.472 e. The van der Waals surface area contributed by atoms with Crippen LogP contribution in [0, 0.1) is 17.8 Å². The average molecular weight is 1410 g/mol. The monoisotopic (exact) mass is 1410 g/mol. The molecular formula is C77H150O17P2. The zero-order chi connectivity index (χ0) is 70.9. The first-order valence-electron chi connectivity index (χ1n) is 39.8. The number of unbranched alkanes of at least 4 members (excludes halogenated alkanes) is 43. The molecule has 5 atom stereocenters. The van der Waals surface area contributed by atoms with Crippen LogP contribution in [-0.4, -0.2) is 96.7 Å². The summed E-state index contributed by atoms with van der Waals surface area (Å²) >= 11 is 0. The number of carbonyl (C=O) groups is 4. The molecule has 0 amide bonds. The summed E-state index contributed by atoms with van der Waals surface area (Å²) in [7, 11) is -9.91. The minimum absolute atomic E-state index is 0.103. The summed E-state index contributed by atoms with van der Waals surface area (Å²) in [5.74, 6) is 0.0977. The Hall–Kier alpha value is -1.94. The maximum atomic E-state index is 13.1. The maximum absolute atomic E-state index is 13.1. The van der Waals surface area contributed by atoms with E-state index in [4.69, 9.17) is 37.0 Å². The lowest BCUT2D eigenvalue weighted by molar-refractivity contribution is -0.161. The zero-order valence-electron chi connectivity index (χ0n) is 62.8. The third-order valence-corrected chi connectivity index (χ3v) is 19.8. The first-order chi connectivity index (χ1) is 46.2. The lowest BCUT2D eigenvalue weighted by atomic mass is 10.0. The van der Waals surface area contributed by atoms with E-state index in [-0.39, 0.29) is 25.7 Å². The van der Waals surface area contributed by atoms with Gasteiger partial charge >= 0.3 is 39.5 Å². The Morgan fingerprint density at radius 3 is 0.708 bits per heavy atom. The Labute approximate surface area is 588 Å². The van der Waals surface area contributed by atoms with Crippen molar-refractivity contribution in [2.75, 3.05) is 39.6 Å². The highest BCUT2D eigenvalue weighted by Gasteiger charge is 2.30. The summed E-state index contributed by atoms with van der Waals surface area (Å²) < 4.78 is 68.5. The number of phosphoric ester groups is 2. The van der Waals surface area contributed by atoms with E-state index >= 15 is 0 Å². The highest BCUT2D eigenvalue weighted by molar-refractivity contribution is 7.47. The molecule has 17 nitrogen and oxygen atoms in total. The number of aliphatic hydroxyl groups is 1. The van der Waals surface area contributed by atoms with Crippen LogP contribution in [0.4, 0.5) is 0 Å². The summed E-state index contributed by atoms with van der Waals surface area (Å²) in [6.45, 7) is 11.8. The molecule has 0 aromatic rings. The van der Waals surface area contributed by atoms with Gasteiger partial charge in [-0.1, -0.05) is 344 Å². The quantitative estimate of drug-likeness (QED) is 0.0222. The van der Waals surface area contributed by atoms with Crippen molar-refractivity contribution in [2.45, 2.75) is 414 Å². The van der Waals surface area contributed by atoms with Crippen LogP contribution in [-0.2, 0) is 65.4 Å². The van der Waals surface area contributed by atoms with Crippen molar-refractivity contribution in [1.82, 2.24) is 0 Å². The predicted molar refractivity (Wildman–Crippen MR) is 391 cm³/mol. The van der Waals surface area contributed by atoms with E-state index in [0.717, 1.165) is 108 Å². The number of aliphatic hydroxyl groups excluding tert-OH is 1. The third kappa shape index (κ3) is 70.5. The molecule has 0 radical (unpaired) electrons. The fraction of sp³-hybridized carbons (Fsp3) is 0.948. The molecule has 96 heavy (non-hydrogen) atoms. The fourth-order valence-electron chi connectivity index (χ4n) is 11.8. The van der Waals surface area contributed by atoms with E-state index in [1.54, 1.807) is 0 Å². The molecule has 570 valence electrons. The van der Waals surface area contributed by atoms with Crippen LogP contribution in [0.5, 0.6) is 0 Å². The van der Waals surface area contributed by atoms with Gasteiger partial charge in [0.2, 0.25) is 0 Å². The van der Waals surface area contributed by atoms with Crippen molar-refractivity contribution in [1.29, 1.82) is 0 Å². The van der Waals surface area contributed by atoms with Gasteiger partial charge in [-0.3, -0.25) is 37.3 Å². The minimum Gasteiger partial charge on any atom is -0.462 e. The summed E-state index contributed by atoms with van der Waals surface area (Å²) in [4.78, 5) is 72.8. The molecule has 0 bridgehead atoms. The lowest BCUT2D eigenvalue weighted by Gasteiger charge is -2.21. The van der Waals surface area contributed by atoms with Gasteiger partial charge in [-0.2, -0.15) is 0 Å². The number of ether oxygens (including phenoxy) is 4. The molecule has 3 N–H and O–H groups in total. The first-order valence-corrected chi connectivity index (χ1v) is 42.8. The van der Waals surface area contributed by atoms with Gasteiger partial charge in [0.05, 0.1) is 26.4 Å². The minimum atomic E-state index is -4.96. The SMILES string of the molecule is CCCCCCCCCCCCCCCCCC(=O)OC[C@H](COP(=O)(O)OC[C@@H](O)COP(=O)(O)OC[C@@H](COC(=O)CCCCCCCCC(C)C)OC(=O)CCCCCCCCCCC(C)C)OC(=O)CCCCCCCCCCCCCCCCCCCCC(C)C. The van der Waals surface area contributed by atoms with Gasteiger partial charge in [0.15, 0.2) is 12.2 Å². The highest BCUT2D eigenvalue weighted by atomic mass is 31.2. The van der Waals surface area contributed by atoms with Gasteiger partial charge in [0.1, 0.15) is 19.3 Å². The molecule has 0 rings (SSSR count). The van der Waals surface area contributed by atoms with Crippen LogP contribution in [0.1, 0.15) is 395 Å². The van der Waals surface area contributed by atoms with Crippen molar-refractivity contribution in [3.05, 3.63) is 0 Å². The number of carbonyl (C=O) groups excluding carboxylic acids is 4. The van der Waals surface area contributed by atoms with Crippen LogP contribution in [0.3, 0.4) is 0 Å². The second-order valence-electron chi connectivity index (χ2n) is 29.2. The van der Waals surface area contributed by atoms with Crippen LogP contribution in [0.15, 0.2) is 0 Å². The van der Waals surface area contributed by atoms with Crippen molar-refractivity contribution in [3.8, 4) is 0 Å². The molecule has 0 aromatic heterocycles. The number of hydrogen-bond acceptors (Lipinski definition) is 15. The van der Waals surface area contributed by atoms with Crippen LogP contribution in [0.2, 0.25) is 0 Å². The van der Waals surface area contributed by atoms with E-state index in [1.165, 1.54) is 199 Å². The van der Waals surface area contributed by atoms with Crippen LogP contribution in [0.25, 0.3) is 0 Å². The molecule has 0 aliphatic rings. The number of rotatable bonds is 75. The number of esters is 4. The van der Waals surface area contributed by atoms with Gasteiger partial charge in [-0.25, -0.2) is 9.13 Å². The maximum Gasteiger partial charge on any atom is 0.472 e. The first kappa shape index (κ1) is 94.1. The predicted octanol–water partition coefficient (Wildman–Crippen LogP) is 22.6. The van der Waals surface area contributed by atoms with Crippen LogP contribution < -0.4 is 0 Å². The molecule has 0 heterocycles. The smallest absolute Gasteiger partial charge is 0.462 e. The van der Waals surface area contributed by atoms with Gasteiger partial charge in [0, 0.05) is 25.7 Å². The second kappa shape index (κ2) is 67.5. The molecule has 0 saturated heterocycles. The molecule has 0 aliphatic heterocycles. The van der Waals surface area contributed by atoms with Crippen LogP contribution >= 0.6 is 15.6 Å². The van der Waals surface area contributed by atoms with Gasteiger partial charge in [0.25, 0.3) is 0 Å². The summed E-state index contributed by atoms with van der Waals surface area (Å²) in [5.41, 5.74) is 0. The summed E-state index contributed by atoms with van der Waals surface area (Å²) in [6.07, 6.45) is 54.4. The molecule has 2 unspecified atom stereocenters. The molecule has 0 fully saturated rings. The third-order valence-electron chi connectivity index (χ3n) is 17.9. The molecule has 0 aliphatic carbocycles. The topological polar surface area (TPSA) is 237 Å². The van der Waals surface area contributed by atoms with E-state index in [0.29, 0.717) is 31.6 Å².